The Balaban J connectivity index is 2.08. The van der Waals surface area contributed by atoms with Crippen molar-refractivity contribution in [3.05, 3.63) is 29.3 Å². The van der Waals surface area contributed by atoms with Crippen LogP contribution >= 0.6 is 0 Å². The number of hydrogen-bond donors (Lipinski definition) is 2. The molecular weight excluding hydrogens is 228 g/mol. The van der Waals surface area contributed by atoms with Crippen LogP contribution in [0.2, 0.25) is 0 Å². The molecule has 0 bridgehead atoms. The van der Waals surface area contributed by atoms with Gasteiger partial charge in [0.15, 0.2) is 0 Å². The van der Waals surface area contributed by atoms with Crippen LogP contribution in [0, 0.1) is 0 Å². The molecule has 1 aliphatic carbocycles. The van der Waals surface area contributed by atoms with Crippen LogP contribution < -0.4 is 5.73 Å². The minimum atomic E-state index is 0.254. The zero-order valence-corrected chi connectivity index (χ0v) is 10.1. The van der Waals surface area contributed by atoms with Crippen molar-refractivity contribution in [3.8, 4) is 17.0 Å². The highest BCUT2D eigenvalue weighted by Gasteiger charge is 2.15. The van der Waals surface area contributed by atoms with E-state index in [2.05, 4.69) is 5.16 Å². The van der Waals surface area contributed by atoms with Gasteiger partial charge in [0.25, 0.3) is 0 Å². The minimum Gasteiger partial charge on any atom is -0.507 e. The lowest BCUT2D eigenvalue weighted by Gasteiger charge is -2.09. The fourth-order valence-corrected chi connectivity index (χ4v) is 2.57. The molecule has 18 heavy (non-hydrogen) atoms. The van der Waals surface area contributed by atoms with E-state index in [1.165, 1.54) is 30.4 Å². The summed E-state index contributed by atoms with van der Waals surface area (Å²) < 4.78 is 4.86. The molecule has 2 aromatic rings. The molecule has 0 aliphatic heterocycles. The predicted molar refractivity (Wildman–Crippen MR) is 69.3 cm³/mol. The molecule has 1 aromatic heterocycles. The average Bonchev–Trinajstić information content (AvgIpc) is 2.65. The maximum atomic E-state index is 10.1. The largest absolute Gasteiger partial charge is 0.507 e. The SMILES string of the molecule is Nc1cc(-c2cc3c(cc2O)CCCCC3)no1. The number of phenolic OH excluding ortho intramolecular Hbond substituents is 1. The van der Waals surface area contributed by atoms with Crippen molar-refractivity contribution in [1.82, 2.24) is 5.16 Å². The van der Waals surface area contributed by atoms with E-state index >= 15 is 0 Å². The highest BCUT2D eigenvalue weighted by Crippen LogP contribution is 2.34. The maximum absolute atomic E-state index is 10.1. The summed E-state index contributed by atoms with van der Waals surface area (Å²) in [7, 11) is 0. The molecule has 0 saturated carbocycles. The van der Waals surface area contributed by atoms with Gasteiger partial charge in [-0.3, -0.25) is 0 Å². The first kappa shape index (κ1) is 11.1. The third-order valence-electron chi connectivity index (χ3n) is 3.51. The normalized spacial score (nSPS) is 15.1. The Labute approximate surface area is 105 Å². The molecule has 1 aliphatic rings. The Hall–Kier alpha value is -1.97. The van der Waals surface area contributed by atoms with Gasteiger partial charge in [-0.2, -0.15) is 0 Å². The zero-order valence-electron chi connectivity index (χ0n) is 10.1. The van der Waals surface area contributed by atoms with E-state index in [-0.39, 0.29) is 11.6 Å². The number of aromatic nitrogens is 1. The quantitative estimate of drug-likeness (QED) is 0.756. The molecule has 0 spiro atoms. The van der Waals surface area contributed by atoms with Crippen molar-refractivity contribution >= 4 is 5.88 Å². The van der Waals surface area contributed by atoms with Gasteiger partial charge < -0.3 is 15.4 Å². The van der Waals surface area contributed by atoms with E-state index in [1.54, 1.807) is 6.07 Å². The summed E-state index contributed by atoms with van der Waals surface area (Å²) in [5.41, 5.74) is 9.38. The van der Waals surface area contributed by atoms with Gasteiger partial charge in [-0.1, -0.05) is 11.6 Å². The Morgan fingerprint density at radius 2 is 1.78 bits per heavy atom. The number of hydrogen-bond acceptors (Lipinski definition) is 4. The molecule has 1 aromatic carbocycles. The molecule has 0 unspecified atom stereocenters. The lowest BCUT2D eigenvalue weighted by Crippen LogP contribution is -1.92. The number of anilines is 1. The van der Waals surface area contributed by atoms with Crippen LogP contribution in [0.25, 0.3) is 11.3 Å². The monoisotopic (exact) mass is 244 g/mol. The summed E-state index contributed by atoms with van der Waals surface area (Å²) in [6, 6.07) is 5.52. The van der Waals surface area contributed by atoms with Crippen molar-refractivity contribution in [2.24, 2.45) is 0 Å². The summed E-state index contributed by atoms with van der Waals surface area (Å²) in [6.07, 6.45) is 5.77. The van der Waals surface area contributed by atoms with Crippen LogP contribution in [-0.4, -0.2) is 10.3 Å². The van der Waals surface area contributed by atoms with Gasteiger partial charge in [0.1, 0.15) is 11.4 Å². The molecular formula is C14H16N2O2. The first-order valence-corrected chi connectivity index (χ1v) is 6.31. The van der Waals surface area contributed by atoms with Crippen LogP contribution in [0.15, 0.2) is 22.7 Å². The standard InChI is InChI=1S/C14H16N2O2/c15-14-8-12(16-18-14)11-6-9-4-2-1-3-5-10(9)7-13(11)17/h6-8,17H,1-5,15H2. The lowest BCUT2D eigenvalue weighted by atomic mass is 9.98. The number of nitrogens with two attached hydrogens (primary N) is 1. The Bertz CT molecular complexity index is 575. The molecule has 94 valence electrons. The third-order valence-corrected chi connectivity index (χ3v) is 3.51. The molecule has 0 amide bonds. The first-order valence-electron chi connectivity index (χ1n) is 6.31. The number of fused-ring (bicyclic) bond motifs is 1. The highest BCUT2D eigenvalue weighted by atomic mass is 16.5. The van der Waals surface area contributed by atoms with Crippen LogP contribution in [0.4, 0.5) is 5.88 Å². The van der Waals surface area contributed by atoms with Crippen molar-refractivity contribution in [2.45, 2.75) is 32.1 Å². The average molecular weight is 244 g/mol. The molecule has 0 atom stereocenters. The lowest BCUT2D eigenvalue weighted by molar-refractivity contribution is 0.437. The van der Waals surface area contributed by atoms with E-state index in [9.17, 15) is 5.11 Å². The van der Waals surface area contributed by atoms with E-state index in [4.69, 9.17) is 10.3 Å². The fraction of sp³-hybridized carbons (Fsp3) is 0.357. The number of phenols is 1. The smallest absolute Gasteiger partial charge is 0.222 e. The molecule has 1 heterocycles. The predicted octanol–water partition coefficient (Wildman–Crippen LogP) is 2.90. The van der Waals surface area contributed by atoms with Crippen molar-refractivity contribution in [1.29, 1.82) is 0 Å². The van der Waals surface area contributed by atoms with Gasteiger partial charge in [0.05, 0.1) is 0 Å². The van der Waals surface area contributed by atoms with Crippen molar-refractivity contribution in [2.75, 3.05) is 5.73 Å². The van der Waals surface area contributed by atoms with Gasteiger partial charge in [-0.05, 0) is 48.9 Å². The van der Waals surface area contributed by atoms with Gasteiger partial charge in [0, 0.05) is 11.6 Å². The van der Waals surface area contributed by atoms with E-state index in [0.717, 1.165) is 12.8 Å². The van der Waals surface area contributed by atoms with Gasteiger partial charge in [0.2, 0.25) is 5.88 Å². The molecule has 4 heteroatoms. The first-order chi connectivity index (χ1) is 8.74. The van der Waals surface area contributed by atoms with Crippen LogP contribution in [0.5, 0.6) is 5.75 Å². The molecule has 3 rings (SSSR count). The molecule has 0 radical (unpaired) electrons. The van der Waals surface area contributed by atoms with Crippen LogP contribution in [-0.2, 0) is 12.8 Å². The number of benzene rings is 1. The Kier molecular flexibility index (Phi) is 2.70. The maximum Gasteiger partial charge on any atom is 0.222 e. The molecule has 0 saturated heterocycles. The van der Waals surface area contributed by atoms with Gasteiger partial charge in [-0.15, -0.1) is 0 Å². The summed E-state index contributed by atoms with van der Waals surface area (Å²) in [5.74, 6) is 0.517. The number of rotatable bonds is 1. The Morgan fingerprint density at radius 3 is 2.44 bits per heavy atom. The van der Waals surface area contributed by atoms with Crippen LogP contribution in [0.3, 0.4) is 0 Å². The highest BCUT2D eigenvalue weighted by molar-refractivity contribution is 5.70. The van der Waals surface area contributed by atoms with Crippen molar-refractivity contribution in [3.63, 3.8) is 0 Å². The fourth-order valence-electron chi connectivity index (χ4n) is 2.57. The summed E-state index contributed by atoms with van der Waals surface area (Å²) >= 11 is 0. The Morgan fingerprint density at radius 1 is 1.06 bits per heavy atom. The topological polar surface area (TPSA) is 72.3 Å². The van der Waals surface area contributed by atoms with E-state index in [0.29, 0.717) is 11.3 Å². The van der Waals surface area contributed by atoms with Gasteiger partial charge >= 0.3 is 0 Å². The van der Waals surface area contributed by atoms with Gasteiger partial charge in [-0.25, -0.2) is 0 Å². The third kappa shape index (κ3) is 1.94. The minimum absolute atomic E-state index is 0.254. The zero-order chi connectivity index (χ0) is 12.5. The second-order valence-corrected chi connectivity index (χ2v) is 4.81. The molecule has 0 fully saturated rings. The van der Waals surface area contributed by atoms with Crippen molar-refractivity contribution < 1.29 is 9.63 Å². The number of nitrogen functional groups attached to an aromatic ring is 1. The second-order valence-electron chi connectivity index (χ2n) is 4.81. The van der Waals surface area contributed by atoms with E-state index in [1.807, 2.05) is 12.1 Å². The molecule has 3 N–H and O–H groups in total. The summed E-state index contributed by atoms with van der Waals surface area (Å²) in [6.45, 7) is 0. The number of nitrogens with zero attached hydrogens (tertiary/aromatic N) is 1. The summed E-state index contributed by atoms with van der Waals surface area (Å²) in [5, 5.41) is 14.0. The number of aryl methyl sites for hydroxylation is 2. The molecule has 4 nitrogen and oxygen atoms in total. The number of aromatic hydroxyl groups is 1. The van der Waals surface area contributed by atoms with E-state index < -0.39 is 0 Å². The summed E-state index contributed by atoms with van der Waals surface area (Å²) in [4.78, 5) is 0. The van der Waals surface area contributed by atoms with Crippen LogP contribution in [0.1, 0.15) is 30.4 Å². The second kappa shape index (κ2) is 4.37.